The predicted molar refractivity (Wildman–Crippen MR) is 72.7 cm³/mol. The minimum Gasteiger partial charge on any atom is -0.480 e. The van der Waals surface area contributed by atoms with Gasteiger partial charge in [0.2, 0.25) is 0 Å². The largest absolute Gasteiger partial charge is 0.480 e. The number of carbonyl (C=O) groups is 1. The molecule has 8 nitrogen and oxygen atoms in total. The number of rotatable bonds is 5. The molecular weight excluding hydrogens is 284 g/mol. The van der Waals surface area contributed by atoms with E-state index in [4.69, 9.17) is 5.11 Å². The summed E-state index contributed by atoms with van der Waals surface area (Å²) in [7, 11) is -3.59. The highest BCUT2D eigenvalue weighted by molar-refractivity contribution is 7.90. The van der Waals surface area contributed by atoms with Gasteiger partial charge in [0.1, 0.15) is 6.54 Å². The molecule has 0 atom stereocenters. The molecule has 2 N–H and O–H groups in total. The first-order chi connectivity index (χ1) is 9.31. The van der Waals surface area contributed by atoms with Crippen molar-refractivity contribution in [3.05, 3.63) is 11.4 Å². The van der Waals surface area contributed by atoms with E-state index in [-0.39, 0.29) is 6.54 Å². The van der Waals surface area contributed by atoms with Gasteiger partial charge in [-0.25, -0.2) is 0 Å². The van der Waals surface area contributed by atoms with Crippen molar-refractivity contribution in [3.8, 4) is 0 Å². The monoisotopic (exact) mass is 302 g/mol. The second-order valence-electron chi connectivity index (χ2n) is 4.81. The van der Waals surface area contributed by atoms with Crippen LogP contribution in [0, 0.1) is 13.8 Å². The molecule has 2 heterocycles. The zero-order chi connectivity index (χ0) is 14.9. The van der Waals surface area contributed by atoms with Crippen LogP contribution in [0.1, 0.15) is 24.2 Å². The van der Waals surface area contributed by atoms with E-state index < -0.39 is 16.2 Å². The average Bonchev–Trinajstić information content (AvgIpc) is 2.94. The van der Waals surface area contributed by atoms with Crippen LogP contribution in [0.2, 0.25) is 0 Å². The summed E-state index contributed by atoms with van der Waals surface area (Å²) in [4.78, 5) is 10.7. The van der Waals surface area contributed by atoms with Crippen LogP contribution in [0.5, 0.6) is 0 Å². The summed E-state index contributed by atoms with van der Waals surface area (Å²) in [6.07, 6.45) is 1.72. The summed E-state index contributed by atoms with van der Waals surface area (Å²) >= 11 is 0. The van der Waals surface area contributed by atoms with Crippen LogP contribution in [0.15, 0.2) is 0 Å². The highest BCUT2D eigenvalue weighted by atomic mass is 32.2. The molecule has 1 aromatic rings. The van der Waals surface area contributed by atoms with Crippen LogP contribution < -0.4 is 4.72 Å². The number of aromatic nitrogens is 2. The summed E-state index contributed by atoms with van der Waals surface area (Å²) in [6, 6.07) is 0. The summed E-state index contributed by atoms with van der Waals surface area (Å²) in [5.74, 6) is -1.02. The van der Waals surface area contributed by atoms with Crippen molar-refractivity contribution in [2.75, 3.05) is 17.8 Å². The molecular formula is C11H18N4O4S. The van der Waals surface area contributed by atoms with Gasteiger partial charge >= 0.3 is 16.2 Å². The number of hydrogen-bond donors (Lipinski definition) is 2. The van der Waals surface area contributed by atoms with Crippen LogP contribution >= 0.6 is 0 Å². The molecule has 20 heavy (non-hydrogen) atoms. The second kappa shape index (κ2) is 5.41. The fourth-order valence-corrected chi connectivity index (χ4v) is 3.67. The number of nitrogens with zero attached hydrogens (tertiary/aromatic N) is 3. The first kappa shape index (κ1) is 14.8. The maximum absolute atomic E-state index is 12.2. The maximum Gasteiger partial charge on any atom is 0.325 e. The van der Waals surface area contributed by atoms with Gasteiger partial charge in [0.25, 0.3) is 0 Å². The molecule has 0 radical (unpaired) electrons. The topological polar surface area (TPSA) is 105 Å². The van der Waals surface area contributed by atoms with Crippen LogP contribution in [-0.2, 0) is 21.5 Å². The number of nitrogens with one attached hydrogen (secondary N) is 1. The summed E-state index contributed by atoms with van der Waals surface area (Å²) in [6.45, 7) is 4.02. The van der Waals surface area contributed by atoms with Gasteiger partial charge in [-0.1, -0.05) is 0 Å². The van der Waals surface area contributed by atoms with Crippen LogP contribution in [0.25, 0.3) is 0 Å². The van der Waals surface area contributed by atoms with Crippen molar-refractivity contribution in [1.29, 1.82) is 0 Å². The van der Waals surface area contributed by atoms with Crippen LogP contribution in [-0.4, -0.2) is 46.7 Å². The molecule has 0 spiro atoms. The molecule has 112 valence electrons. The fourth-order valence-electron chi connectivity index (χ4n) is 2.25. The van der Waals surface area contributed by atoms with Crippen molar-refractivity contribution in [3.63, 3.8) is 0 Å². The molecule has 1 fully saturated rings. The SMILES string of the molecule is Cc1nn(CC(=O)O)c(C)c1NS(=O)(=O)N1CCCC1. The molecule has 0 aliphatic carbocycles. The summed E-state index contributed by atoms with van der Waals surface area (Å²) in [5.41, 5.74) is 1.32. The van der Waals surface area contributed by atoms with E-state index in [1.165, 1.54) is 8.99 Å². The Hall–Kier alpha value is -1.61. The normalized spacial score (nSPS) is 16.5. The Morgan fingerprint density at radius 2 is 1.95 bits per heavy atom. The summed E-state index contributed by atoms with van der Waals surface area (Å²) in [5, 5.41) is 12.8. The minimum absolute atomic E-state index is 0.294. The van der Waals surface area contributed by atoms with Gasteiger partial charge in [-0.2, -0.15) is 17.8 Å². The molecule has 9 heteroatoms. The lowest BCUT2D eigenvalue weighted by atomic mass is 10.3. The molecule has 1 aliphatic heterocycles. The molecule has 0 saturated carbocycles. The number of hydrogen-bond acceptors (Lipinski definition) is 4. The first-order valence-electron chi connectivity index (χ1n) is 6.35. The van der Waals surface area contributed by atoms with Gasteiger partial charge in [0.05, 0.1) is 17.1 Å². The highest BCUT2D eigenvalue weighted by Gasteiger charge is 2.27. The van der Waals surface area contributed by atoms with Gasteiger partial charge < -0.3 is 5.11 Å². The van der Waals surface area contributed by atoms with Crippen LogP contribution in [0.4, 0.5) is 5.69 Å². The lowest BCUT2D eigenvalue weighted by Gasteiger charge is -2.17. The Morgan fingerprint density at radius 1 is 1.35 bits per heavy atom. The Labute approximate surface area is 117 Å². The van der Waals surface area contributed by atoms with E-state index >= 15 is 0 Å². The lowest BCUT2D eigenvalue weighted by Crippen LogP contribution is -2.33. The van der Waals surface area contributed by atoms with Gasteiger partial charge in [-0.15, -0.1) is 0 Å². The van der Waals surface area contributed by atoms with Gasteiger partial charge in [-0.05, 0) is 26.7 Å². The van der Waals surface area contributed by atoms with Crippen LogP contribution in [0.3, 0.4) is 0 Å². The maximum atomic E-state index is 12.2. The number of carboxylic acids is 1. The highest BCUT2D eigenvalue weighted by Crippen LogP contribution is 2.23. The van der Waals surface area contributed by atoms with Gasteiger partial charge in [-0.3, -0.25) is 14.2 Å². The second-order valence-corrected chi connectivity index (χ2v) is 6.48. The Bertz CT molecular complexity index is 617. The zero-order valence-corrected chi connectivity index (χ0v) is 12.3. The molecule has 0 amide bonds. The Balaban J connectivity index is 2.25. The lowest BCUT2D eigenvalue weighted by molar-refractivity contribution is -0.137. The third-order valence-corrected chi connectivity index (χ3v) is 4.81. The van der Waals surface area contributed by atoms with E-state index in [9.17, 15) is 13.2 Å². The predicted octanol–water partition coefficient (Wildman–Crippen LogP) is 0.337. The fraction of sp³-hybridized carbons (Fsp3) is 0.636. The van der Waals surface area contributed by atoms with Crippen molar-refractivity contribution in [2.24, 2.45) is 0 Å². The third kappa shape index (κ3) is 2.93. The van der Waals surface area contributed by atoms with E-state index in [1.54, 1.807) is 13.8 Å². The Morgan fingerprint density at radius 3 is 2.50 bits per heavy atom. The third-order valence-electron chi connectivity index (χ3n) is 3.30. The minimum atomic E-state index is -3.59. The molecule has 0 aromatic carbocycles. The molecule has 1 saturated heterocycles. The Kier molecular flexibility index (Phi) is 4.00. The smallest absolute Gasteiger partial charge is 0.325 e. The number of anilines is 1. The number of carboxylic acid groups (broad SMARTS) is 1. The van der Waals surface area contributed by atoms with E-state index in [0.717, 1.165) is 12.8 Å². The van der Waals surface area contributed by atoms with Crippen molar-refractivity contribution >= 4 is 21.9 Å². The van der Waals surface area contributed by atoms with Gasteiger partial charge in [0, 0.05) is 13.1 Å². The zero-order valence-electron chi connectivity index (χ0n) is 11.5. The molecule has 0 bridgehead atoms. The van der Waals surface area contributed by atoms with E-state index in [0.29, 0.717) is 30.2 Å². The first-order valence-corrected chi connectivity index (χ1v) is 7.79. The van der Waals surface area contributed by atoms with E-state index in [1.807, 2.05) is 0 Å². The summed E-state index contributed by atoms with van der Waals surface area (Å²) < 4.78 is 29.6. The molecule has 0 unspecified atom stereocenters. The number of aryl methyl sites for hydroxylation is 1. The van der Waals surface area contributed by atoms with Crippen molar-refractivity contribution < 1.29 is 18.3 Å². The quantitative estimate of drug-likeness (QED) is 0.816. The van der Waals surface area contributed by atoms with Gasteiger partial charge in [0.15, 0.2) is 0 Å². The molecule has 1 aliphatic rings. The standard InChI is InChI=1S/C11H18N4O4S/c1-8-11(9(2)15(12-8)7-10(16)17)13-20(18,19)14-5-3-4-6-14/h13H,3-7H2,1-2H3,(H,16,17). The molecule has 1 aromatic heterocycles. The average molecular weight is 302 g/mol. The number of aliphatic carboxylic acids is 1. The van der Waals surface area contributed by atoms with Crippen molar-refractivity contribution in [2.45, 2.75) is 33.2 Å². The molecule has 2 rings (SSSR count). The van der Waals surface area contributed by atoms with E-state index in [2.05, 4.69) is 9.82 Å². The van der Waals surface area contributed by atoms with Crippen molar-refractivity contribution in [1.82, 2.24) is 14.1 Å².